The van der Waals surface area contributed by atoms with Crippen LogP contribution in [0.2, 0.25) is 0 Å². The lowest BCUT2D eigenvalue weighted by molar-refractivity contribution is -0.275. The molecular formula is C34H33F9O. The molecule has 238 valence electrons. The first-order valence-electron chi connectivity index (χ1n) is 15.1. The summed E-state index contributed by atoms with van der Waals surface area (Å²) in [6, 6.07) is 5.89. The highest BCUT2D eigenvalue weighted by atomic mass is 19.4. The third-order valence-electron chi connectivity index (χ3n) is 9.18. The lowest BCUT2D eigenvalue weighted by Crippen LogP contribution is -2.21. The van der Waals surface area contributed by atoms with Crippen molar-refractivity contribution in [2.75, 3.05) is 0 Å². The van der Waals surface area contributed by atoms with E-state index in [1.165, 1.54) is 18.2 Å². The summed E-state index contributed by atoms with van der Waals surface area (Å²) < 4.78 is 130. The minimum atomic E-state index is -5.17. The predicted molar refractivity (Wildman–Crippen MR) is 148 cm³/mol. The number of ether oxygens (including phenoxy) is 1. The van der Waals surface area contributed by atoms with Gasteiger partial charge in [-0.25, -0.2) is 22.0 Å². The molecule has 3 aromatic carbocycles. The monoisotopic (exact) mass is 628 g/mol. The Kier molecular flexibility index (Phi) is 9.56. The smallest absolute Gasteiger partial charge is 0.403 e. The van der Waals surface area contributed by atoms with Crippen LogP contribution in [0.25, 0.3) is 0 Å². The molecule has 0 N–H and O–H groups in total. The third kappa shape index (κ3) is 6.89. The molecule has 1 saturated carbocycles. The maximum absolute atomic E-state index is 15.7. The van der Waals surface area contributed by atoms with E-state index in [1.807, 2.05) is 6.92 Å². The van der Waals surface area contributed by atoms with Crippen LogP contribution in [0.15, 0.2) is 30.3 Å². The topological polar surface area (TPSA) is 9.23 Å². The van der Waals surface area contributed by atoms with Gasteiger partial charge in [-0.1, -0.05) is 19.4 Å². The molecule has 2 aliphatic rings. The zero-order chi connectivity index (χ0) is 31.8. The molecule has 3 aromatic rings. The van der Waals surface area contributed by atoms with Gasteiger partial charge in [0.2, 0.25) is 5.82 Å². The Labute approximate surface area is 250 Å². The fraction of sp³-hybridized carbons (Fsp3) is 0.471. The summed E-state index contributed by atoms with van der Waals surface area (Å²) in [5.41, 5.74) is 1.51. The Bertz CT molecular complexity index is 1480. The molecule has 0 radical (unpaired) electrons. The summed E-state index contributed by atoms with van der Waals surface area (Å²) in [5.74, 6) is -7.83. The molecule has 0 aliphatic heterocycles. The first-order chi connectivity index (χ1) is 20.9. The predicted octanol–water partition coefficient (Wildman–Crippen LogP) is 10.6. The molecule has 44 heavy (non-hydrogen) atoms. The van der Waals surface area contributed by atoms with E-state index in [-0.39, 0.29) is 54.7 Å². The van der Waals surface area contributed by atoms with Gasteiger partial charge in [-0.3, -0.25) is 0 Å². The van der Waals surface area contributed by atoms with E-state index in [4.69, 9.17) is 0 Å². The number of benzene rings is 3. The average molecular weight is 629 g/mol. The standard InChI is InChI=1S/C34H33F9O/c1-2-3-19-15-26(35)25(27(36)16-19)11-5-18-4-10-24-22(14-18)17-28(37)30(31(24)38)21-8-6-20(7-9-21)23-12-13-29(33(40)32(23)39)44-34(41,42)43/h12-13,15-18,20-21H,2-11,14H2,1H3. The van der Waals surface area contributed by atoms with Gasteiger partial charge in [0.15, 0.2) is 11.6 Å². The number of halogens is 9. The fourth-order valence-corrected chi connectivity index (χ4v) is 7.00. The molecule has 5 rings (SSSR count). The number of hydrogen-bond donors (Lipinski definition) is 0. The first-order valence-corrected chi connectivity index (χ1v) is 15.1. The second kappa shape index (κ2) is 13.1. The van der Waals surface area contributed by atoms with Crippen molar-refractivity contribution in [2.24, 2.45) is 5.92 Å². The maximum atomic E-state index is 15.7. The van der Waals surface area contributed by atoms with Gasteiger partial charge in [0.25, 0.3) is 0 Å². The van der Waals surface area contributed by atoms with Gasteiger partial charge in [0, 0.05) is 11.1 Å². The lowest BCUT2D eigenvalue weighted by Gasteiger charge is -2.32. The second-order valence-corrected chi connectivity index (χ2v) is 12.0. The average Bonchev–Trinajstić information content (AvgIpc) is 2.95. The molecule has 1 atom stereocenters. The third-order valence-corrected chi connectivity index (χ3v) is 9.18. The zero-order valence-electron chi connectivity index (χ0n) is 24.2. The van der Waals surface area contributed by atoms with Crippen LogP contribution in [0.4, 0.5) is 39.5 Å². The normalized spacial score (nSPS) is 20.5. The molecule has 0 heterocycles. The minimum absolute atomic E-state index is 0.0138. The van der Waals surface area contributed by atoms with Crippen molar-refractivity contribution < 1.29 is 44.3 Å². The van der Waals surface area contributed by atoms with Gasteiger partial charge in [-0.2, -0.15) is 4.39 Å². The van der Waals surface area contributed by atoms with Crippen molar-refractivity contribution in [1.82, 2.24) is 0 Å². The summed E-state index contributed by atoms with van der Waals surface area (Å²) >= 11 is 0. The van der Waals surface area contributed by atoms with Crippen LogP contribution in [-0.4, -0.2) is 6.36 Å². The maximum Gasteiger partial charge on any atom is 0.573 e. The summed E-state index contributed by atoms with van der Waals surface area (Å²) in [6.07, 6.45) is -0.661. The lowest BCUT2D eigenvalue weighted by atomic mass is 9.74. The molecule has 0 bridgehead atoms. The van der Waals surface area contributed by atoms with Gasteiger partial charge in [0.05, 0.1) is 0 Å². The number of rotatable bonds is 8. The fourth-order valence-electron chi connectivity index (χ4n) is 7.00. The summed E-state index contributed by atoms with van der Waals surface area (Å²) in [6.45, 7) is 1.93. The van der Waals surface area contributed by atoms with Crippen molar-refractivity contribution in [1.29, 1.82) is 0 Å². The van der Waals surface area contributed by atoms with Gasteiger partial charge in [-0.15, -0.1) is 13.2 Å². The van der Waals surface area contributed by atoms with E-state index in [1.54, 1.807) is 0 Å². The van der Waals surface area contributed by atoms with Crippen molar-refractivity contribution in [2.45, 2.75) is 95.8 Å². The van der Waals surface area contributed by atoms with Gasteiger partial charge < -0.3 is 4.74 Å². The first kappa shape index (κ1) is 32.2. The van der Waals surface area contributed by atoms with Gasteiger partial charge >= 0.3 is 6.36 Å². The van der Waals surface area contributed by atoms with Gasteiger partial charge in [0.1, 0.15) is 23.3 Å². The molecule has 0 amide bonds. The van der Waals surface area contributed by atoms with Crippen LogP contribution >= 0.6 is 0 Å². The summed E-state index contributed by atoms with van der Waals surface area (Å²) in [7, 11) is 0. The molecule has 1 fully saturated rings. The molecule has 0 aromatic heterocycles. The number of fused-ring (bicyclic) bond motifs is 1. The molecule has 0 saturated heterocycles. The van der Waals surface area contributed by atoms with Crippen molar-refractivity contribution in [3.8, 4) is 5.75 Å². The number of alkyl halides is 3. The SMILES string of the molecule is CCCc1cc(F)c(CCC2CCc3c(cc(F)c(C4CCC(c5ccc(OC(F)(F)F)c(F)c5F)CC4)c3F)C2)c(F)c1. The van der Waals surface area contributed by atoms with Crippen LogP contribution in [0.5, 0.6) is 5.75 Å². The van der Waals surface area contributed by atoms with Crippen LogP contribution in [-0.2, 0) is 25.7 Å². The van der Waals surface area contributed by atoms with Crippen LogP contribution in [0.3, 0.4) is 0 Å². The van der Waals surface area contributed by atoms with Crippen LogP contribution in [0, 0.1) is 40.8 Å². The van der Waals surface area contributed by atoms with Gasteiger partial charge in [-0.05, 0) is 128 Å². The molecule has 2 aliphatic carbocycles. The van der Waals surface area contributed by atoms with Crippen molar-refractivity contribution in [3.05, 3.63) is 98.6 Å². The van der Waals surface area contributed by atoms with E-state index >= 15 is 8.78 Å². The Balaban J connectivity index is 1.24. The molecule has 1 nitrogen and oxygen atoms in total. The Morgan fingerprint density at radius 3 is 2.05 bits per heavy atom. The highest BCUT2D eigenvalue weighted by molar-refractivity contribution is 5.40. The highest BCUT2D eigenvalue weighted by Crippen LogP contribution is 2.45. The number of aryl methyl sites for hydroxylation is 1. The van der Waals surface area contributed by atoms with Crippen molar-refractivity contribution in [3.63, 3.8) is 0 Å². The Hall–Kier alpha value is -3.17. The number of hydrogen-bond acceptors (Lipinski definition) is 1. The van der Waals surface area contributed by atoms with E-state index in [2.05, 4.69) is 4.74 Å². The zero-order valence-corrected chi connectivity index (χ0v) is 24.2. The van der Waals surface area contributed by atoms with E-state index in [9.17, 15) is 30.7 Å². The molecular weight excluding hydrogens is 595 g/mol. The summed E-state index contributed by atoms with van der Waals surface area (Å²) in [5, 5.41) is 0. The van der Waals surface area contributed by atoms with Crippen LogP contribution < -0.4 is 4.74 Å². The van der Waals surface area contributed by atoms with E-state index in [0.29, 0.717) is 48.8 Å². The molecule has 1 unspecified atom stereocenters. The quantitative estimate of drug-likeness (QED) is 0.226. The summed E-state index contributed by atoms with van der Waals surface area (Å²) in [4.78, 5) is 0. The van der Waals surface area contributed by atoms with E-state index < -0.39 is 58.9 Å². The second-order valence-electron chi connectivity index (χ2n) is 12.0. The van der Waals surface area contributed by atoms with E-state index in [0.717, 1.165) is 18.6 Å². The molecule has 0 spiro atoms. The van der Waals surface area contributed by atoms with Crippen LogP contribution in [0.1, 0.15) is 97.1 Å². The minimum Gasteiger partial charge on any atom is -0.403 e. The van der Waals surface area contributed by atoms with Crippen molar-refractivity contribution >= 4 is 0 Å². The Morgan fingerprint density at radius 2 is 1.41 bits per heavy atom. The largest absolute Gasteiger partial charge is 0.573 e. The highest BCUT2D eigenvalue weighted by Gasteiger charge is 2.35. The molecule has 10 heteroatoms. The Morgan fingerprint density at radius 1 is 0.750 bits per heavy atom.